The minimum Gasteiger partial charge on any atom is -0.504 e. The predicted molar refractivity (Wildman–Crippen MR) is 109 cm³/mol. The average Bonchev–Trinajstić information content (AvgIpc) is 3.07. The van der Waals surface area contributed by atoms with Gasteiger partial charge in [-0.05, 0) is 60.2 Å². The first-order valence-corrected chi connectivity index (χ1v) is 12.0. The first kappa shape index (κ1) is 22.6. The van der Waals surface area contributed by atoms with E-state index < -0.39 is 71.0 Å². The van der Waals surface area contributed by atoms with Crippen molar-refractivity contribution in [2.45, 2.75) is 16.3 Å². The molecule has 4 rings (SSSR count). The molecule has 1 heterocycles. The number of hydrogen-bond acceptors (Lipinski definition) is 7. The van der Waals surface area contributed by atoms with Crippen LogP contribution in [-0.4, -0.2) is 41.8 Å². The Kier molecular flexibility index (Phi) is 5.35. The summed E-state index contributed by atoms with van der Waals surface area (Å²) in [5.41, 5.74) is -0.437. The third kappa shape index (κ3) is 3.69. The van der Waals surface area contributed by atoms with E-state index in [0.717, 1.165) is 54.6 Å². The second-order valence-electron chi connectivity index (χ2n) is 6.93. The summed E-state index contributed by atoms with van der Waals surface area (Å²) in [5.74, 6) is -4.31. The fourth-order valence-electron chi connectivity index (χ4n) is 3.27. The number of fused-ring (bicyclic) bond motifs is 1. The van der Waals surface area contributed by atoms with Crippen molar-refractivity contribution in [2.75, 3.05) is 0 Å². The average molecular weight is 496 g/mol. The third-order valence-electron chi connectivity index (χ3n) is 4.84. The number of phenolic OH excluding ortho intramolecular Hbond substituents is 2. The van der Waals surface area contributed by atoms with Crippen LogP contribution in [0.3, 0.4) is 0 Å². The lowest BCUT2D eigenvalue weighted by Crippen LogP contribution is -2.49. The van der Waals surface area contributed by atoms with E-state index in [1.165, 1.54) is 6.07 Å². The maximum Gasteiger partial charge on any atom is 0.274 e. The number of phenols is 2. The zero-order valence-electron chi connectivity index (χ0n) is 16.4. The second-order valence-corrected chi connectivity index (χ2v) is 10.7. The van der Waals surface area contributed by atoms with Crippen LogP contribution in [0.5, 0.6) is 11.5 Å². The summed E-state index contributed by atoms with van der Waals surface area (Å²) in [6.45, 7) is -0.594. The van der Waals surface area contributed by atoms with Gasteiger partial charge in [0.2, 0.25) is 0 Å². The number of hydrogen-bond donors (Lipinski definition) is 2. The molecule has 1 aliphatic heterocycles. The summed E-state index contributed by atoms with van der Waals surface area (Å²) in [7, 11) is -10.1. The smallest absolute Gasteiger partial charge is 0.274 e. The minimum atomic E-state index is -5.04. The lowest BCUT2D eigenvalue weighted by molar-refractivity contribution is 0.0585. The van der Waals surface area contributed by atoms with E-state index in [9.17, 15) is 40.6 Å². The summed E-state index contributed by atoms with van der Waals surface area (Å²) in [6.07, 6.45) is 0. The maximum absolute atomic E-state index is 13.4. The van der Waals surface area contributed by atoms with E-state index in [4.69, 9.17) is 0 Å². The molecule has 9 nitrogen and oxygen atoms in total. The number of carbonyl (C=O) groups excluding carboxylic acids is 1. The van der Waals surface area contributed by atoms with Crippen molar-refractivity contribution < 1.29 is 40.6 Å². The van der Waals surface area contributed by atoms with Crippen molar-refractivity contribution in [3.63, 3.8) is 0 Å². The van der Waals surface area contributed by atoms with Crippen LogP contribution in [0.1, 0.15) is 15.9 Å². The molecule has 0 spiro atoms. The first-order chi connectivity index (χ1) is 15.4. The molecule has 2 N–H and O–H groups in total. The lowest BCUT2D eigenvalue weighted by Gasteiger charge is -2.29. The summed E-state index contributed by atoms with van der Waals surface area (Å²) in [5, 5.41) is 20.2. The van der Waals surface area contributed by atoms with Gasteiger partial charge in [0.05, 0.1) is 21.9 Å². The van der Waals surface area contributed by atoms with Gasteiger partial charge in [-0.15, -0.1) is 0 Å². The first-order valence-electron chi connectivity index (χ1n) is 9.12. The molecule has 33 heavy (non-hydrogen) atoms. The topological polar surface area (TPSA) is 132 Å². The van der Waals surface area contributed by atoms with Crippen LogP contribution in [-0.2, 0) is 26.6 Å². The number of hydrazine groups is 1. The number of halogens is 2. The molecular formula is C20H14F2N2O7S2. The molecule has 0 aliphatic carbocycles. The Morgan fingerprint density at radius 3 is 1.67 bits per heavy atom. The van der Waals surface area contributed by atoms with Crippen LogP contribution in [0.25, 0.3) is 0 Å². The quantitative estimate of drug-likeness (QED) is 0.518. The highest BCUT2D eigenvalue weighted by Crippen LogP contribution is 2.39. The fraction of sp³-hybridized carbons (Fsp3) is 0.0500. The van der Waals surface area contributed by atoms with Crippen molar-refractivity contribution in [1.29, 1.82) is 0 Å². The van der Waals surface area contributed by atoms with Crippen LogP contribution >= 0.6 is 0 Å². The highest BCUT2D eigenvalue weighted by molar-refractivity contribution is 8.04. The molecule has 0 atom stereocenters. The number of aromatic hydroxyl groups is 2. The number of nitrogens with zero attached hydrogens (tertiary/aromatic N) is 2. The number of benzene rings is 3. The van der Waals surface area contributed by atoms with Crippen LogP contribution in [0.4, 0.5) is 8.78 Å². The van der Waals surface area contributed by atoms with Crippen molar-refractivity contribution in [3.05, 3.63) is 83.4 Å². The Morgan fingerprint density at radius 1 is 0.758 bits per heavy atom. The molecule has 3 aromatic carbocycles. The van der Waals surface area contributed by atoms with Crippen molar-refractivity contribution in [1.82, 2.24) is 8.83 Å². The highest BCUT2D eigenvalue weighted by Gasteiger charge is 2.47. The summed E-state index contributed by atoms with van der Waals surface area (Å²) >= 11 is 0. The Balaban J connectivity index is 1.93. The minimum absolute atomic E-state index is 0.0453. The van der Waals surface area contributed by atoms with Crippen molar-refractivity contribution in [3.8, 4) is 11.5 Å². The van der Waals surface area contributed by atoms with Gasteiger partial charge < -0.3 is 10.2 Å². The van der Waals surface area contributed by atoms with Gasteiger partial charge in [0.1, 0.15) is 11.6 Å². The van der Waals surface area contributed by atoms with Crippen LogP contribution < -0.4 is 0 Å². The molecule has 0 fully saturated rings. The largest absolute Gasteiger partial charge is 0.504 e. The van der Waals surface area contributed by atoms with E-state index in [-0.39, 0.29) is 9.38 Å². The van der Waals surface area contributed by atoms with Gasteiger partial charge in [0, 0.05) is 3.82 Å². The van der Waals surface area contributed by atoms with Gasteiger partial charge >= 0.3 is 0 Å². The third-order valence-corrected chi connectivity index (χ3v) is 8.97. The fourth-order valence-corrected chi connectivity index (χ4v) is 6.92. The lowest BCUT2D eigenvalue weighted by atomic mass is 10.1. The van der Waals surface area contributed by atoms with Crippen LogP contribution in [0.2, 0.25) is 0 Å². The summed E-state index contributed by atoms with van der Waals surface area (Å²) in [6, 6.07) is 8.70. The predicted octanol–water partition coefficient (Wildman–Crippen LogP) is 2.33. The molecule has 13 heteroatoms. The molecule has 0 radical (unpaired) electrons. The van der Waals surface area contributed by atoms with Crippen LogP contribution in [0, 0.1) is 11.6 Å². The molecule has 0 aromatic heterocycles. The van der Waals surface area contributed by atoms with Gasteiger partial charge in [-0.1, -0.05) is 6.07 Å². The molecule has 0 saturated heterocycles. The Bertz CT molecular complexity index is 1400. The zero-order valence-corrected chi connectivity index (χ0v) is 18.0. The Morgan fingerprint density at radius 2 is 1.21 bits per heavy atom. The molecule has 0 bridgehead atoms. The standard InChI is InChI=1S/C20H14F2N2O7S2/c21-13-2-6-15(7-3-13)32(28,29)24(33(30,31)16-8-4-14(22)5-9-16)23-11-12-1-10-17(25)19(26)18(12)20(23)27/h1-10,25-26H,11H2. The van der Waals surface area contributed by atoms with Gasteiger partial charge in [-0.25, -0.2) is 30.6 Å². The SMILES string of the molecule is O=C1c2c(ccc(O)c2O)CN1N(S(=O)(=O)c1ccc(F)cc1)S(=O)(=O)c1ccc(F)cc1. The van der Waals surface area contributed by atoms with Crippen LogP contribution in [0.15, 0.2) is 70.5 Å². The second kappa shape index (κ2) is 7.79. The molecule has 1 aliphatic rings. The van der Waals surface area contributed by atoms with E-state index in [2.05, 4.69) is 0 Å². The highest BCUT2D eigenvalue weighted by atomic mass is 32.3. The van der Waals surface area contributed by atoms with E-state index in [1.54, 1.807) is 0 Å². The van der Waals surface area contributed by atoms with Gasteiger partial charge in [-0.3, -0.25) is 4.79 Å². The zero-order chi connectivity index (χ0) is 24.1. The number of rotatable bonds is 5. The number of sulfonamides is 2. The summed E-state index contributed by atoms with van der Waals surface area (Å²) in [4.78, 5) is 11.7. The van der Waals surface area contributed by atoms with Crippen molar-refractivity contribution in [2.24, 2.45) is 0 Å². The molecule has 172 valence electrons. The summed E-state index contributed by atoms with van der Waals surface area (Å²) < 4.78 is 80.2. The van der Waals surface area contributed by atoms with Crippen molar-refractivity contribution >= 4 is 26.0 Å². The molecule has 0 unspecified atom stereocenters. The monoisotopic (exact) mass is 496 g/mol. The number of carbonyl (C=O) groups is 1. The van der Waals surface area contributed by atoms with E-state index >= 15 is 0 Å². The van der Waals surface area contributed by atoms with Gasteiger partial charge in [-0.2, -0.15) is 0 Å². The Hall–Kier alpha value is -3.55. The normalized spacial score (nSPS) is 14.0. The molecular weight excluding hydrogens is 482 g/mol. The Labute approximate surface area is 186 Å². The molecule has 3 aromatic rings. The molecule has 1 amide bonds. The van der Waals surface area contributed by atoms with Gasteiger partial charge in [0.15, 0.2) is 11.5 Å². The van der Waals surface area contributed by atoms with E-state index in [0.29, 0.717) is 5.01 Å². The van der Waals surface area contributed by atoms with E-state index in [1.807, 2.05) is 0 Å². The number of amides is 1. The molecule has 0 saturated carbocycles. The van der Waals surface area contributed by atoms with Gasteiger partial charge in [0.25, 0.3) is 26.0 Å². The maximum atomic E-state index is 13.4.